The van der Waals surface area contributed by atoms with Crippen LogP contribution < -0.4 is 5.32 Å². The Morgan fingerprint density at radius 2 is 1.85 bits per heavy atom. The fraction of sp³-hybridized carbons (Fsp3) is 1.00. The minimum Gasteiger partial charge on any atom is -0.392 e. The Kier molecular flexibility index (Phi) is 3.52. The first-order chi connectivity index (χ1) is 6.36. The van der Waals surface area contributed by atoms with Crippen LogP contribution >= 0.6 is 11.8 Å². The van der Waals surface area contributed by atoms with Crippen LogP contribution in [-0.2, 0) is 0 Å². The number of rotatable bonds is 2. The van der Waals surface area contributed by atoms with E-state index in [1.165, 1.54) is 37.2 Å². The van der Waals surface area contributed by atoms with Crippen molar-refractivity contribution < 1.29 is 5.11 Å². The standard InChI is InChI=1S/C10H19NOS/c12-10-3-1-2-9(10)11-8-4-6-13-7-5-8/h8-12H,1-7H2/t9-,10-/m1/s1. The molecule has 1 aliphatic heterocycles. The smallest absolute Gasteiger partial charge is 0.0693 e. The Morgan fingerprint density at radius 3 is 2.46 bits per heavy atom. The van der Waals surface area contributed by atoms with Crippen molar-refractivity contribution in [3.63, 3.8) is 0 Å². The maximum Gasteiger partial charge on any atom is 0.0693 e. The monoisotopic (exact) mass is 201 g/mol. The SMILES string of the molecule is O[C@@H]1CCC[C@H]1NC1CCSCC1. The van der Waals surface area contributed by atoms with E-state index >= 15 is 0 Å². The molecule has 2 fully saturated rings. The van der Waals surface area contributed by atoms with E-state index in [4.69, 9.17) is 0 Å². The molecular weight excluding hydrogens is 182 g/mol. The van der Waals surface area contributed by atoms with Crippen molar-refractivity contribution in [1.82, 2.24) is 5.32 Å². The van der Waals surface area contributed by atoms with Crippen molar-refractivity contribution in [2.75, 3.05) is 11.5 Å². The first kappa shape index (κ1) is 9.81. The normalized spacial score (nSPS) is 36.7. The van der Waals surface area contributed by atoms with Gasteiger partial charge in [0, 0.05) is 12.1 Å². The van der Waals surface area contributed by atoms with Gasteiger partial charge in [-0.15, -0.1) is 0 Å². The summed E-state index contributed by atoms with van der Waals surface area (Å²) < 4.78 is 0. The van der Waals surface area contributed by atoms with Crippen LogP contribution in [0.3, 0.4) is 0 Å². The summed E-state index contributed by atoms with van der Waals surface area (Å²) in [7, 11) is 0. The molecule has 3 heteroatoms. The highest BCUT2D eigenvalue weighted by molar-refractivity contribution is 7.99. The summed E-state index contributed by atoms with van der Waals surface area (Å²) in [5, 5.41) is 13.3. The second kappa shape index (κ2) is 4.67. The fourth-order valence-electron chi connectivity index (χ4n) is 2.30. The summed E-state index contributed by atoms with van der Waals surface area (Å²) in [6, 6.07) is 1.08. The molecule has 2 atom stereocenters. The van der Waals surface area contributed by atoms with Crippen molar-refractivity contribution in [2.24, 2.45) is 0 Å². The highest BCUT2D eigenvalue weighted by atomic mass is 32.2. The van der Waals surface area contributed by atoms with E-state index in [1.807, 2.05) is 0 Å². The topological polar surface area (TPSA) is 32.3 Å². The molecule has 0 radical (unpaired) electrons. The largest absolute Gasteiger partial charge is 0.392 e. The van der Waals surface area contributed by atoms with Crippen LogP contribution in [0.15, 0.2) is 0 Å². The first-order valence-corrected chi connectivity index (χ1v) is 6.53. The Labute approximate surface area is 84.5 Å². The van der Waals surface area contributed by atoms with Gasteiger partial charge in [-0.05, 0) is 43.6 Å². The fourth-order valence-corrected chi connectivity index (χ4v) is 3.41. The van der Waals surface area contributed by atoms with Crippen molar-refractivity contribution in [2.45, 2.75) is 50.3 Å². The van der Waals surface area contributed by atoms with Crippen LogP contribution in [0.5, 0.6) is 0 Å². The van der Waals surface area contributed by atoms with Crippen molar-refractivity contribution in [1.29, 1.82) is 0 Å². The molecule has 0 bridgehead atoms. The zero-order valence-corrected chi connectivity index (χ0v) is 8.85. The third-order valence-corrected chi connectivity index (χ3v) is 4.20. The van der Waals surface area contributed by atoms with Gasteiger partial charge in [0.1, 0.15) is 0 Å². The molecule has 0 aromatic carbocycles. The van der Waals surface area contributed by atoms with Crippen LogP contribution in [0, 0.1) is 0 Å². The number of aliphatic hydroxyl groups is 1. The van der Waals surface area contributed by atoms with Crippen LogP contribution in [0.1, 0.15) is 32.1 Å². The zero-order chi connectivity index (χ0) is 9.10. The lowest BCUT2D eigenvalue weighted by molar-refractivity contribution is 0.141. The molecule has 0 aromatic rings. The van der Waals surface area contributed by atoms with E-state index in [2.05, 4.69) is 17.1 Å². The molecule has 0 amide bonds. The molecule has 0 spiro atoms. The van der Waals surface area contributed by atoms with Gasteiger partial charge in [-0.1, -0.05) is 0 Å². The van der Waals surface area contributed by atoms with Crippen LogP contribution in [0.4, 0.5) is 0 Å². The van der Waals surface area contributed by atoms with Gasteiger partial charge in [0.25, 0.3) is 0 Å². The third kappa shape index (κ3) is 2.61. The van der Waals surface area contributed by atoms with Gasteiger partial charge < -0.3 is 10.4 Å². The van der Waals surface area contributed by atoms with E-state index < -0.39 is 0 Å². The lowest BCUT2D eigenvalue weighted by Gasteiger charge is -2.27. The van der Waals surface area contributed by atoms with Gasteiger partial charge in [0.2, 0.25) is 0 Å². The van der Waals surface area contributed by atoms with E-state index in [-0.39, 0.29) is 6.10 Å². The first-order valence-electron chi connectivity index (χ1n) is 5.38. The van der Waals surface area contributed by atoms with Crippen LogP contribution in [0.25, 0.3) is 0 Å². The highest BCUT2D eigenvalue weighted by Crippen LogP contribution is 2.23. The number of thioether (sulfide) groups is 1. The average molecular weight is 201 g/mol. The summed E-state index contributed by atoms with van der Waals surface area (Å²) in [5.41, 5.74) is 0. The molecule has 1 saturated carbocycles. The molecule has 2 aliphatic rings. The summed E-state index contributed by atoms with van der Waals surface area (Å²) in [6.45, 7) is 0. The van der Waals surface area contributed by atoms with Crippen LogP contribution in [-0.4, -0.2) is 34.8 Å². The molecule has 1 heterocycles. The lowest BCUT2D eigenvalue weighted by Crippen LogP contribution is -2.44. The third-order valence-electron chi connectivity index (χ3n) is 3.15. The maximum atomic E-state index is 9.65. The minimum absolute atomic E-state index is 0.0745. The molecule has 2 nitrogen and oxygen atoms in total. The number of aliphatic hydroxyl groups excluding tert-OH is 1. The number of nitrogens with one attached hydrogen (secondary N) is 1. The van der Waals surface area contributed by atoms with E-state index in [9.17, 15) is 5.11 Å². The van der Waals surface area contributed by atoms with Crippen molar-refractivity contribution in [3.05, 3.63) is 0 Å². The molecule has 2 N–H and O–H groups in total. The molecule has 2 rings (SSSR count). The maximum absolute atomic E-state index is 9.65. The Morgan fingerprint density at radius 1 is 1.08 bits per heavy atom. The van der Waals surface area contributed by atoms with E-state index in [0.717, 1.165) is 6.42 Å². The second-order valence-corrected chi connectivity index (χ2v) is 5.38. The molecule has 13 heavy (non-hydrogen) atoms. The Balaban J connectivity index is 1.75. The second-order valence-electron chi connectivity index (χ2n) is 4.16. The van der Waals surface area contributed by atoms with Gasteiger partial charge in [0.15, 0.2) is 0 Å². The van der Waals surface area contributed by atoms with Gasteiger partial charge in [-0.25, -0.2) is 0 Å². The van der Waals surface area contributed by atoms with Gasteiger partial charge >= 0.3 is 0 Å². The van der Waals surface area contributed by atoms with Gasteiger partial charge in [0.05, 0.1) is 6.10 Å². The highest BCUT2D eigenvalue weighted by Gasteiger charge is 2.27. The molecule has 1 aliphatic carbocycles. The number of hydrogen-bond donors (Lipinski definition) is 2. The summed E-state index contributed by atoms with van der Waals surface area (Å²) in [5.74, 6) is 2.58. The quantitative estimate of drug-likeness (QED) is 0.708. The predicted octanol–water partition coefficient (Wildman–Crippen LogP) is 1.39. The summed E-state index contributed by atoms with van der Waals surface area (Å²) in [6.07, 6.45) is 5.86. The predicted molar refractivity (Wildman–Crippen MR) is 57.1 cm³/mol. The Bertz CT molecular complexity index is 159. The van der Waals surface area contributed by atoms with Gasteiger partial charge in [-0.2, -0.15) is 11.8 Å². The molecular formula is C10H19NOS. The molecule has 0 unspecified atom stereocenters. The summed E-state index contributed by atoms with van der Waals surface area (Å²) in [4.78, 5) is 0. The molecule has 1 saturated heterocycles. The lowest BCUT2D eigenvalue weighted by atomic mass is 10.1. The zero-order valence-electron chi connectivity index (χ0n) is 8.04. The van der Waals surface area contributed by atoms with Crippen LogP contribution in [0.2, 0.25) is 0 Å². The van der Waals surface area contributed by atoms with Gasteiger partial charge in [-0.3, -0.25) is 0 Å². The summed E-state index contributed by atoms with van der Waals surface area (Å²) >= 11 is 2.05. The van der Waals surface area contributed by atoms with E-state index in [1.54, 1.807) is 0 Å². The number of hydrogen-bond acceptors (Lipinski definition) is 3. The van der Waals surface area contributed by atoms with E-state index in [0.29, 0.717) is 12.1 Å². The van der Waals surface area contributed by atoms with Crippen molar-refractivity contribution in [3.8, 4) is 0 Å². The molecule has 76 valence electrons. The molecule has 0 aromatic heterocycles. The Hall–Kier alpha value is 0.270. The van der Waals surface area contributed by atoms with Crippen molar-refractivity contribution >= 4 is 11.8 Å². The minimum atomic E-state index is -0.0745. The average Bonchev–Trinajstić information content (AvgIpc) is 2.54.